The van der Waals surface area contributed by atoms with E-state index < -0.39 is 11.7 Å². The number of hydrogen-bond donors (Lipinski definition) is 2. The number of aliphatic hydroxyl groups is 1. The molecule has 1 aliphatic rings. The first-order valence-electron chi connectivity index (χ1n) is 8.69. The number of aryl methyl sites for hydroxylation is 3. The van der Waals surface area contributed by atoms with Crippen molar-refractivity contribution in [3.05, 3.63) is 69.4 Å². The van der Waals surface area contributed by atoms with Crippen LogP contribution in [0.25, 0.3) is 10.9 Å². The Hall–Kier alpha value is -2.86. The fourth-order valence-electron chi connectivity index (χ4n) is 3.43. The van der Waals surface area contributed by atoms with Gasteiger partial charge in [0, 0.05) is 36.6 Å². The summed E-state index contributed by atoms with van der Waals surface area (Å²) in [4.78, 5) is 29.4. The molecule has 0 aliphatic carbocycles. The van der Waals surface area contributed by atoms with Crippen LogP contribution in [0.5, 0.6) is 0 Å². The van der Waals surface area contributed by atoms with Crippen molar-refractivity contribution in [1.29, 1.82) is 0 Å². The molecule has 1 saturated heterocycles. The van der Waals surface area contributed by atoms with Crippen LogP contribution in [0.3, 0.4) is 0 Å². The van der Waals surface area contributed by atoms with E-state index in [4.69, 9.17) is 4.42 Å². The quantitative estimate of drug-likeness (QED) is 0.752. The Morgan fingerprint density at radius 2 is 2.08 bits per heavy atom. The van der Waals surface area contributed by atoms with Gasteiger partial charge in [-0.1, -0.05) is 18.2 Å². The number of β-amino-alcohol motifs (C(OH)–C–C–N with tert-alkyl or cyclic N) is 1. The van der Waals surface area contributed by atoms with Crippen LogP contribution in [0, 0.1) is 6.92 Å². The predicted octanol–water partition coefficient (Wildman–Crippen LogP) is 2.03. The van der Waals surface area contributed by atoms with Gasteiger partial charge in [-0.15, -0.1) is 0 Å². The van der Waals surface area contributed by atoms with Gasteiger partial charge in [-0.2, -0.15) is 0 Å². The van der Waals surface area contributed by atoms with Crippen molar-refractivity contribution in [3.8, 4) is 0 Å². The van der Waals surface area contributed by atoms with E-state index >= 15 is 0 Å². The van der Waals surface area contributed by atoms with Crippen LogP contribution in [0.15, 0.2) is 45.7 Å². The third-order valence-corrected chi connectivity index (χ3v) is 4.88. The number of nitrogens with one attached hydrogen (secondary N) is 1. The Balaban J connectivity index is 1.53. The smallest absolute Gasteiger partial charge is 0.349 e. The second-order valence-corrected chi connectivity index (χ2v) is 6.78. The van der Waals surface area contributed by atoms with Crippen LogP contribution in [-0.2, 0) is 12.8 Å². The molecule has 1 amide bonds. The average Bonchev–Trinajstić information content (AvgIpc) is 2.99. The number of rotatable bonds is 4. The van der Waals surface area contributed by atoms with Gasteiger partial charge in [0.15, 0.2) is 0 Å². The van der Waals surface area contributed by atoms with E-state index in [9.17, 15) is 14.7 Å². The van der Waals surface area contributed by atoms with Gasteiger partial charge in [0.2, 0.25) is 0 Å². The van der Waals surface area contributed by atoms with E-state index in [0.717, 1.165) is 22.9 Å². The summed E-state index contributed by atoms with van der Waals surface area (Å²) in [5.74, 6) is 0.197. The van der Waals surface area contributed by atoms with Gasteiger partial charge in [-0.05, 0) is 36.6 Å². The number of aliphatic hydroxyl groups excluding tert-OH is 1. The Morgan fingerprint density at radius 1 is 1.31 bits per heavy atom. The van der Waals surface area contributed by atoms with Crippen molar-refractivity contribution < 1.29 is 14.3 Å². The number of aromatic nitrogens is 1. The van der Waals surface area contributed by atoms with Crippen LogP contribution < -0.4 is 5.63 Å². The van der Waals surface area contributed by atoms with Gasteiger partial charge in [0.1, 0.15) is 11.3 Å². The molecule has 0 bridgehead atoms. The lowest BCUT2D eigenvalue weighted by atomic mass is 10.0. The second kappa shape index (κ2) is 6.46. The van der Waals surface area contributed by atoms with E-state index in [1.165, 1.54) is 4.90 Å². The van der Waals surface area contributed by atoms with Crippen LogP contribution in [0.1, 0.15) is 27.2 Å². The monoisotopic (exact) mass is 352 g/mol. The number of aromatic amines is 1. The molecule has 3 heterocycles. The summed E-state index contributed by atoms with van der Waals surface area (Å²) in [6.45, 7) is 2.27. The summed E-state index contributed by atoms with van der Waals surface area (Å²) in [6, 6.07) is 9.83. The van der Waals surface area contributed by atoms with Crippen molar-refractivity contribution in [2.24, 2.45) is 0 Å². The Morgan fingerprint density at radius 3 is 2.81 bits per heavy atom. The highest BCUT2D eigenvalue weighted by Gasteiger charge is 2.32. The molecular weight excluding hydrogens is 332 g/mol. The Labute approximate surface area is 150 Å². The molecule has 1 aromatic carbocycles. The van der Waals surface area contributed by atoms with Gasteiger partial charge in [0.25, 0.3) is 5.91 Å². The minimum absolute atomic E-state index is 0.0627. The SMILES string of the molecule is Cc1cc(CCc2c[nH]c3ccccc23)oc(=O)c1C(=O)N1CC(O)C1. The summed E-state index contributed by atoms with van der Waals surface area (Å²) < 4.78 is 5.39. The lowest BCUT2D eigenvalue weighted by Crippen LogP contribution is -2.54. The minimum Gasteiger partial charge on any atom is -0.427 e. The number of fused-ring (bicyclic) bond motifs is 1. The molecule has 0 unspecified atom stereocenters. The average molecular weight is 352 g/mol. The molecule has 2 aromatic heterocycles. The number of benzene rings is 1. The van der Waals surface area contributed by atoms with E-state index in [1.807, 2.05) is 24.4 Å². The first-order chi connectivity index (χ1) is 12.5. The van der Waals surface area contributed by atoms with Crippen LogP contribution in [0.4, 0.5) is 0 Å². The lowest BCUT2D eigenvalue weighted by molar-refractivity contribution is 0.00552. The topological polar surface area (TPSA) is 86.5 Å². The van der Waals surface area contributed by atoms with Crippen molar-refractivity contribution in [2.75, 3.05) is 13.1 Å². The number of carbonyl (C=O) groups excluding carboxylic acids is 1. The highest BCUT2D eigenvalue weighted by atomic mass is 16.4. The van der Waals surface area contributed by atoms with Gasteiger partial charge >= 0.3 is 5.63 Å². The predicted molar refractivity (Wildman–Crippen MR) is 97.3 cm³/mol. The first kappa shape index (κ1) is 16.6. The fraction of sp³-hybridized carbons (Fsp3) is 0.300. The number of amides is 1. The maximum Gasteiger partial charge on any atom is 0.349 e. The van der Waals surface area contributed by atoms with Crippen molar-refractivity contribution in [2.45, 2.75) is 25.9 Å². The molecule has 1 fully saturated rings. The number of hydrogen-bond acceptors (Lipinski definition) is 4. The fourth-order valence-corrected chi connectivity index (χ4v) is 3.43. The molecule has 0 spiro atoms. The van der Waals surface area contributed by atoms with Gasteiger partial charge in [0.05, 0.1) is 6.10 Å². The zero-order chi connectivity index (χ0) is 18.3. The highest BCUT2D eigenvalue weighted by molar-refractivity contribution is 5.95. The van der Waals surface area contributed by atoms with Crippen LogP contribution >= 0.6 is 0 Å². The van der Waals surface area contributed by atoms with E-state index in [2.05, 4.69) is 11.1 Å². The zero-order valence-electron chi connectivity index (χ0n) is 14.5. The summed E-state index contributed by atoms with van der Waals surface area (Å²) >= 11 is 0. The zero-order valence-corrected chi connectivity index (χ0v) is 14.5. The van der Waals surface area contributed by atoms with Gasteiger partial charge in [-0.3, -0.25) is 4.79 Å². The van der Waals surface area contributed by atoms with E-state index in [1.54, 1.807) is 13.0 Å². The Kier molecular flexibility index (Phi) is 4.12. The molecular formula is C20H20N2O4. The molecule has 6 heteroatoms. The summed E-state index contributed by atoms with van der Waals surface area (Å²) in [5, 5.41) is 10.5. The maximum absolute atomic E-state index is 12.4. The number of H-pyrrole nitrogens is 1. The minimum atomic E-state index is -0.606. The highest BCUT2D eigenvalue weighted by Crippen LogP contribution is 2.20. The maximum atomic E-state index is 12.4. The van der Waals surface area contributed by atoms with E-state index in [0.29, 0.717) is 17.7 Å². The molecule has 2 N–H and O–H groups in total. The third-order valence-electron chi connectivity index (χ3n) is 4.88. The number of likely N-dealkylation sites (tertiary alicyclic amines) is 1. The van der Waals surface area contributed by atoms with Crippen molar-refractivity contribution >= 4 is 16.8 Å². The molecule has 4 rings (SSSR count). The molecule has 3 aromatic rings. The van der Waals surface area contributed by atoms with Crippen molar-refractivity contribution in [3.63, 3.8) is 0 Å². The van der Waals surface area contributed by atoms with Crippen molar-refractivity contribution in [1.82, 2.24) is 9.88 Å². The molecule has 0 atom stereocenters. The van der Waals surface area contributed by atoms with Gasteiger partial charge < -0.3 is 19.4 Å². The summed E-state index contributed by atoms with van der Waals surface area (Å²) in [5.41, 5.74) is 2.31. The molecule has 1 aliphatic heterocycles. The number of carbonyl (C=O) groups is 1. The summed E-state index contributed by atoms with van der Waals surface area (Å²) in [7, 11) is 0. The van der Waals surface area contributed by atoms with E-state index in [-0.39, 0.29) is 24.6 Å². The molecule has 134 valence electrons. The second-order valence-electron chi connectivity index (χ2n) is 6.78. The molecule has 26 heavy (non-hydrogen) atoms. The molecule has 0 saturated carbocycles. The standard InChI is InChI=1S/C20H20N2O4/c1-12-8-15(7-6-13-9-21-17-5-3-2-4-16(13)17)26-20(25)18(12)19(24)22-10-14(23)11-22/h2-5,8-9,14,21,23H,6-7,10-11H2,1H3. The van der Waals surface area contributed by atoms with Crippen LogP contribution in [-0.4, -0.2) is 40.1 Å². The Bertz CT molecular complexity index is 1030. The molecule has 0 radical (unpaired) electrons. The number of nitrogens with zero attached hydrogens (tertiary/aromatic N) is 1. The molecule has 6 nitrogen and oxygen atoms in total. The van der Waals surface area contributed by atoms with Crippen LogP contribution in [0.2, 0.25) is 0 Å². The van der Waals surface area contributed by atoms with Gasteiger partial charge in [-0.25, -0.2) is 4.79 Å². The largest absolute Gasteiger partial charge is 0.427 e. The first-order valence-corrected chi connectivity index (χ1v) is 8.69. The lowest BCUT2D eigenvalue weighted by Gasteiger charge is -2.35. The third kappa shape index (κ3) is 2.93. The summed E-state index contributed by atoms with van der Waals surface area (Å²) in [6.07, 6.45) is 2.79. The normalized spacial score (nSPS) is 14.6. The number of para-hydroxylation sites is 1.